The van der Waals surface area contributed by atoms with Crippen molar-refractivity contribution in [3.8, 4) is 0 Å². The third-order valence-electron chi connectivity index (χ3n) is 2.10. The van der Waals surface area contributed by atoms with E-state index in [0.29, 0.717) is 5.82 Å². The second-order valence-electron chi connectivity index (χ2n) is 3.36. The van der Waals surface area contributed by atoms with Crippen molar-refractivity contribution in [1.29, 1.82) is 0 Å². The Kier molecular flexibility index (Phi) is 3.29. The molecule has 0 aliphatic carbocycles. The van der Waals surface area contributed by atoms with Crippen LogP contribution in [0.5, 0.6) is 0 Å². The zero-order chi connectivity index (χ0) is 13.0. The number of anilines is 1. The molecular weight excluding hydrogens is 234 g/mol. The fourth-order valence-corrected chi connectivity index (χ4v) is 1.29. The lowest BCUT2D eigenvalue weighted by Gasteiger charge is -2.05. The van der Waals surface area contributed by atoms with Crippen LogP contribution in [0, 0.1) is 0 Å². The maximum Gasteiger partial charge on any atom is 0.275 e. The van der Waals surface area contributed by atoms with Gasteiger partial charge in [-0.1, -0.05) is 12.1 Å². The summed E-state index contributed by atoms with van der Waals surface area (Å²) in [5.41, 5.74) is -0.300. The van der Waals surface area contributed by atoms with Gasteiger partial charge in [0, 0.05) is 6.20 Å². The highest BCUT2D eigenvalue weighted by atomic mass is 16.4. The van der Waals surface area contributed by atoms with Crippen LogP contribution >= 0.6 is 0 Å². The highest BCUT2D eigenvalue weighted by Gasteiger charge is 2.09. The topological polar surface area (TPSA) is 95.0 Å². The Bertz CT molecular complexity index is 584. The van der Waals surface area contributed by atoms with Gasteiger partial charge in [0.15, 0.2) is 0 Å². The minimum Gasteiger partial charge on any atom is -0.543 e. The number of hydrogen-bond donors (Lipinski definition) is 1. The molecule has 1 N–H and O–H groups in total. The first-order valence-corrected chi connectivity index (χ1v) is 5.07. The van der Waals surface area contributed by atoms with Gasteiger partial charge in [-0.3, -0.25) is 4.79 Å². The molecule has 0 atom stereocenters. The lowest BCUT2D eigenvalue weighted by molar-refractivity contribution is -0.255. The molecule has 18 heavy (non-hydrogen) atoms. The van der Waals surface area contributed by atoms with Gasteiger partial charge in [-0.25, -0.2) is 9.97 Å². The molecule has 90 valence electrons. The molecule has 6 nitrogen and oxygen atoms in total. The number of carboxylic acids is 1. The Morgan fingerprint density at radius 2 is 1.83 bits per heavy atom. The predicted molar refractivity (Wildman–Crippen MR) is 60.8 cm³/mol. The second kappa shape index (κ2) is 5.05. The van der Waals surface area contributed by atoms with E-state index < -0.39 is 11.9 Å². The molecule has 0 radical (unpaired) electrons. The number of amides is 1. The highest BCUT2D eigenvalue weighted by Crippen LogP contribution is 2.04. The molecule has 0 bridgehead atoms. The lowest BCUT2D eigenvalue weighted by atomic mass is 10.3. The summed E-state index contributed by atoms with van der Waals surface area (Å²) in [5.74, 6) is -1.59. The number of rotatable bonds is 3. The number of nitrogens with zero attached hydrogens (tertiary/aromatic N) is 2. The van der Waals surface area contributed by atoms with Crippen molar-refractivity contribution in [3.63, 3.8) is 0 Å². The third-order valence-corrected chi connectivity index (χ3v) is 2.10. The van der Waals surface area contributed by atoms with Gasteiger partial charge >= 0.3 is 0 Å². The van der Waals surface area contributed by atoms with Gasteiger partial charge < -0.3 is 15.2 Å². The second-order valence-corrected chi connectivity index (χ2v) is 3.36. The van der Waals surface area contributed by atoms with E-state index >= 15 is 0 Å². The van der Waals surface area contributed by atoms with Gasteiger partial charge in [-0.05, 0) is 24.3 Å². The predicted octanol–water partition coefficient (Wildman–Crippen LogP) is 0.0924. The van der Waals surface area contributed by atoms with Crippen molar-refractivity contribution in [3.05, 3.63) is 54.0 Å². The quantitative estimate of drug-likeness (QED) is 0.823. The summed E-state index contributed by atoms with van der Waals surface area (Å²) in [7, 11) is 0. The molecule has 0 aromatic carbocycles. The van der Waals surface area contributed by atoms with Gasteiger partial charge in [-0.15, -0.1) is 0 Å². The van der Waals surface area contributed by atoms with Gasteiger partial charge in [-0.2, -0.15) is 0 Å². The molecule has 2 rings (SSSR count). The number of carbonyl (C=O) groups is 2. The van der Waals surface area contributed by atoms with Crippen LogP contribution in [0.25, 0.3) is 0 Å². The molecule has 6 heteroatoms. The molecule has 0 spiro atoms. The summed E-state index contributed by atoms with van der Waals surface area (Å²) in [5, 5.41) is 13.1. The normalized spacial score (nSPS) is 9.78. The Morgan fingerprint density at radius 1 is 1.06 bits per heavy atom. The van der Waals surface area contributed by atoms with Gasteiger partial charge in [0.25, 0.3) is 5.91 Å². The summed E-state index contributed by atoms with van der Waals surface area (Å²) in [4.78, 5) is 30.0. The molecule has 2 heterocycles. The molecule has 0 fully saturated rings. The fourth-order valence-electron chi connectivity index (χ4n) is 1.29. The number of carboxylic acid groups (broad SMARTS) is 1. The summed E-state index contributed by atoms with van der Waals surface area (Å²) < 4.78 is 0. The van der Waals surface area contributed by atoms with E-state index in [2.05, 4.69) is 15.3 Å². The van der Waals surface area contributed by atoms with Crippen LogP contribution in [-0.4, -0.2) is 21.8 Å². The summed E-state index contributed by atoms with van der Waals surface area (Å²) in [6.07, 6.45) is 1.53. The van der Waals surface area contributed by atoms with E-state index in [1.165, 1.54) is 24.4 Å². The van der Waals surface area contributed by atoms with Gasteiger partial charge in [0.1, 0.15) is 11.5 Å². The average molecular weight is 242 g/mol. The highest BCUT2D eigenvalue weighted by molar-refractivity contribution is 6.02. The minimum absolute atomic E-state index is 0.0117. The minimum atomic E-state index is -1.43. The van der Waals surface area contributed by atoms with E-state index in [0.717, 1.165) is 0 Å². The largest absolute Gasteiger partial charge is 0.543 e. The van der Waals surface area contributed by atoms with Crippen molar-refractivity contribution in [2.45, 2.75) is 0 Å². The SMILES string of the molecule is O=C([O-])c1cccc(C(=O)Nc2ccccn2)n1. The maximum absolute atomic E-state index is 11.8. The van der Waals surface area contributed by atoms with Crippen molar-refractivity contribution < 1.29 is 14.7 Å². The van der Waals surface area contributed by atoms with E-state index in [4.69, 9.17) is 0 Å². The van der Waals surface area contributed by atoms with Crippen LogP contribution in [0.3, 0.4) is 0 Å². The third kappa shape index (κ3) is 2.67. The number of aromatic carboxylic acids is 1. The maximum atomic E-state index is 11.8. The Hall–Kier alpha value is -2.76. The first-order valence-electron chi connectivity index (χ1n) is 5.07. The van der Waals surface area contributed by atoms with Crippen LogP contribution in [0.2, 0.25) is 0 Å². The fraction of sp³-hybridized carbons (Fsp3) is 0. The zero-order valence-electron chi connectivity index (χ0n) is 9.16. The molecule has 2 aromatic heterocycles. The van der Waals surface area contributed by atoms with Crippen molar-refractivity contribution >= 4 is 17.7 Å². The van der Waals surface area contributed by atoms with Gasteiger partial charge in [0.2, 0.25) is 0 Å². The van der Waals surface area contributed by atoms with Crippen LogP contribution in [0.15, 0.2) is 42.6 Å². The molecule has 0 unspecified atom stereocenters. The first kappa shape index (κ1) is 11.7. The number of hydrogen-bond acceptors (Lipinski definition) is 5. The van der Waals surface area contributed by atoms with E-state index in [1.807, 2.05) is 0 Å². The Morgan fingerprint density at radius 3 is 2.50 bits per heavy atom. The number of pyridine rings is 2. The van der Waals surface area contributed by atoms with Crippen molar-refractivity contribution in [2.75, 3.05) is 5.32 Å². The van der Waals surface area contributed by atoms with E-state index in [-0.39, 0.29) is 11.4 Å². The molecular formula is C12H8N3O3-. The van der Waals surface area contributed by atoms with Gasteiger partial charge in [0.05, 0.1) is 11.7 Å². The molecule has 0 aliphatic heterocycles. The smallest absolute Gasteiger partial charge is 0.275 e. The standard InChI is InChI=1S/C12H9N3O3/c16-11(15-10-6-1-2-7-13-10)8-4-3-5-9(14-8)12(17)18/h1-7H,(H,17,18)(H,13,15,16)/p-1. The molecule has 0 aliphatic rings. The zero-order valence-corrected chi connectivity index (χ0v) is 9.16. The summed E-state index contributed by atoms with van der Waals surface area (Å²) in [6, 6.07) is 9.13. The summed E-state index contributed by atoms with van der Waals surface area (Å²) >= 11 is 0. The van der Waals surface area contributed by atoms with Crippen LogP contribution in [0.1, 0.15) is 21.0 Å². The first-order chi connectivity index (χ1) is 8.66. The Labute approximate surface area is 102 Å². The van der Waals surface area contributed by atoms with Crippen molar-refractivity contribution in [2.24, 2.45) is 0 Å². The molecule has 1 amide bonds. The van der Waals surface area contributed by atoms with Crippen LogP contribution < -0.4 is 10.4 Å². The molecule has 0 saturated heterocycles. The molecule has 2 aromatic rings. The summed E-state index contributed by atoms with van der Waals surface area (Å²) in [6.45, 7) is 0. The Balaban J connectivity index is 2.19. The van der Waals surface area contributed by atoms with Crippen LogP contribution in [-0.2, 0) is 0 Å². The molecule has 0 saturated carbocycles. The van der Waals surface area contributed by atoms with E-state index in [1.54, 1.807) is 18.2 Å². The number of nitrogens with one attached hydrogen (secondary N) is 1. The average Bonchev–Trinajstić information content (AvgIpc) is 2.40. The monoisotopic (exact) mass is 242 g/mol. The van der Waals surface area contributed by atoms with Crippen molar-refractivity contribution in [1.82, 2.24) is 9.97 Å². The number of carbonyl (C=O) groups excluding carboxylic acids is 2. The lowest BCUT2D eigenvalue weighted by Crippen LogP contribution is -2.25. The van der Waals surface area contributed by atoms with E-state index in [9.17, 15) is 14.7 Å². The van der Waals surface area contributed by atoms with Crippen LogP contribution in [0.4, 0.5) is 5.82 Å². The number of aromatic nitrogens is 2.